The van der Waals surface area contributed by atoms with Gasteiger partial charge in [0.05, 0.1) is 17.0 Å². The van der Waals surface area contributed by atoms with Gasteiger partial charge in [-0.15, -0.1) is 0 Å². The predicted molar refractivity (Wildman–Crippen MR) is 83.1 cm³/mol. The van der Waals surface area contributed by atoms with Crippen LogP contribution in [0.4, 0.5) is 0 Å². The molecule has 0 radical (unpaired) electrons. The number of rotatable bonds is 6. The third-order valence-corrected chi connectivity index (χ3v) is 4.26. The number of carbonyl (C=O) groups is 2. The average molecular weight is 326 g/mol. The van der Waals surface area contributed by atoms with Crippen molar-refractivity contribution in [3.05, 3.63) is 29.3 Å². The van der Waals surface area contributed by atoms with Gasteiger partial charge in [-0.3, -0.25) is 9.59 Å². The summed E-state index contributed by atoms with van der Waals surface area (Å²) in [5.41, 5.74) is -0.652. The molecule has 0 aliphatic heterocycles. The summed E-state index contributed by atoms with van der Waals surface area (Å²) in [5.74, 6) is -0.782. The Morgan fingerprint density at radius 1 is 1.36 bits per heavy atom. The van der Waals surface area contributed by atoms with Gasteiger partial charge in [0.1, 0.15) is 5.75 Å². The molecular weight excluding hydrogens is 306 g/mol. The Balaban J connectivity index is 2.01. The van der Waals surface area contributed by atoms with Crippen molar-refractivity contribution in [1.82, 2.24) is 5.32 Å². The van der Waals surface area contributed by atoms with Crippen LogP contribution in [-0.4, -0.2) is 28.6 Å². The Morgan fingerprint density at radius 3 is 2.59 bits per heavy atom. The van der Waals surface area contributed by atoms with E-state index in [0.29, 0.717) is 23.6 Å². The molecule has 0 aromatic heterocycles. The summed E-state index contributed by atoms with van der Waals surface area (Å²) in [5, 5.41) is 12.4. The molecule has 0 saturated heterocycles. The Labute approximate surface area is 134 Å². The zero-order valence-electron chi connectivity index (χ0n) is 12.5. The molecular formula is C16H20ClNO4. The molecule has 1 aromatic carbocycles. The van der Waals surface area contributed by atoms with Crippen molar-refractivity contribution in [3.8, 4) is 5.75 Å². The van der Waals surface area contributed by atoms with E-state index in [1.807, 2.05) is 0 Å². The molecule has 1 atom stereocenters. The van der Waals surface area contributed by atoms with Gasteiger partial charge >= 0.3 is 5.97 Å². The molecule has 22 heavy (non-hydrogen) atoms. The van der Waals surface area contributed by atoms with E-state index in [1.54, 1.807) is 31.2 Å². The highest BCUT2D eigenvalue weighted by atomic mass is 35.5. The predicted octanol–water partition coefficient (Wildman–Crippen LogP) is 3.01. The van der Waals surface area contributed by atoms with Crippen LogP contribution in [0.2, 0.25) is 5.02 Å². The molecule has 1 amide bonds. The fourth-order valence-corrected chi connectivity index (χ4v) is 3.01. The molecule has 120 valence electrons. The lowest BCUT2D eigenvalue weighted by molar-refractivity contribution is -0.139. The number of aliphatic carboxylic acids is 1. The first-order chi connectivity index (χ1) is 10.4. The molecule has 1 fully saturated rings. The van der Waals surface area contributed by atoms with E-state index >= 15 is 0 Å². The minimum Gasteiger partial charge on any atom is -0.481 e. The summed E-state index contributed by atoms with van der Waals surface area (Å²) in [6.07, 6.45) is 2.41. The molecule has 2 rings (SSSR count). The Morgan fingerprint density at radius 2 is 2.00 bits per heavy atom. The molecule has 0 bridgehead atoms. The highest BCUT2D eigenvalue weighted by molar-refractivity contribution is 6.32. The van der Waals surface area contributed by atoms with Gasteiger partial charge in [-0.25, -0.2) is 0 Å². The number of hydrogen-bond donors (Lipinski definition) is 2. The SMILES string of the molecule is CC(Oc1ccccc1Cl)C(=O)NC1(CC(=O)O)CCCC1. The highest BCUT2D eigenvalue weighted by Gasteiger charge is 2.38. The fraction of sp³-hybridized carbons (Fsp3) is 0.500. The maximum absolute atomic E-state index is 12.3. The second-order valence-electron chi connectivity index (χ2n) is 5.74. The molecule has 6 heteroatoms. The average Bonchev–Trinajstić information content (AvgIpc) is 2.88. The maximum Gasteiger partial charge on any atom is 0.305 e. The normalized spacial score (nSPS) is 17.7. The van der Waals surface area contributed by atoms with Gasteiger partial charge in [0.25, 0.3) is 5.91 Å². The molecule has 1 unspecified atom stereocenters. The standard InChI is InChI=1S/C16H20ClNO4/c1-11(22-13-7-3-2-6-12(13)17)15(21)18-16(10-14(19)20)8-4-5-9-16/h2-3,6-7,11H,4-5,8-10H2,1H3,(H,18,21)(H,19,20). The van der Waals surface area contributed by atoms with Crippen molar-refractivity contribution in [1.29, 1.82) is 0 Å². The molecule has 1 aromatic rings. The van der Waals surface area contributed by atoms with Crippen LogP contribution in [0.3, 0.4) is 0 Å². The Hall–Kier alpha value is -1.75. The van der Waals surface area contributed by atoms with Gasteiger partial charge in [-0.1, -0.05) is 36.6 Å². The third-order valence-electron chi connectivity index (χ3n) is 3.95. The van der Waals surface area contributed by atoms with Crippen LogP contribution in [0, 0.1) is 0 Å². The summed E-state index contributed by atoms with van der Waals surface area (Å²) in [7, 11) is 0. The number of ether oxygens (including phenoxy) is 1. The van der Waals surface area contributed by atoms with Gasteiger partial charge in [0.2, 0.25) is 0 Å². The number of carboxylic acids is 1. The van der Waals surface area contributed by atoms with E-state index in [-0.39, 0.29) is 12.3 Å². The van der Waals surface area contributed by atoms with E-state index in [4.69, 9.17) is 21.4 Å². The lowest BCUT2D eigenvalue weighted by Gasteiger charge is -2.30. The Kier molecular flexibility index (Phi) is 5.29. The fourth-order valence-electron chi connectivity index (χ4n) is 2.83. The minimum absolute atomic E-state index is 0.0580. The molecule has 0 spiro atoms. The van der Waals surface area contributed by atoms with Crippen LogP contribution in [0.1, 0.15) is 39.0 Å². The van der Waals surface area contributed by atoms with Crippen LogP contribution in [0.15, 0.2) is 24.3 Å². The number of para-hydroxylation sites is 1. The van der Waals surface area contributed by atoms with Crippen LogP contribution in [0.5, 0.6) is 5.75 Å². The van der Waals surface area contributed by atoms with Crippen molar-refractivity contribution in [2.45, 2.75) is 50.7 Å². The first-order valence-electron chi connectivity index (χ1n) is 7.37. The van der Waals surface area contributed by atoms with E-state index in [1.165, 1.54) is 0 Å². The molecule has 1 aliphatic rings. The zero-order chi connectivity index (χ0) is 16.2. The molecule has 0 heterocycles. The largest absolute Gasteiger partial charge is 0.481 e. The smallest absolute Gasteiger partial charge is 0.305 e. The highest BCUT2D eigenvalue weighted by Crippen LogP contribution is 2.33. The van der Waals surface area contributed by atoms with Crippen LogP contribution in [-0.2, 0) is 9.59 Å². The topological polar surface area (TPSA) is 75.6 Å². The number of carbonyl (C=O) groups excluding carboxylic acids is 1. The first-order valence-corrected chi connectivity index (χ1v) is 7.75. The second-order valence-corrected chi connectivity index (χ2v) is 6.14. The quantitative estimate of drug-likeness (QED) is 0.843. The molecule has 2 N–H and O–H groups in total. The molecule has 5 nitrogen and oxygen atoms in total. The summed E-state index contributed by atoms with van der Waals surface area (Å²) < 4.78 is 5.58. The van der Waals surface area contributed by atoms with Crippen molar-refractivity contribution in [3.63, 3.8) is 0 Å². The van der Waals surface area contributed by atoms with Gasteiger partial charge in [0, 0.05) is 0 Å². The number of benzene rings is 1. The maximum atomic E-state index is 12.3. The summed E-state index contributed by atoms with van der Waals surface area (Å²) >= 11 is 6.01. The van der Waals surface area contributed by atoms with Crippen LogP contribution in [0.25, 0.3) is 0 Å². The van der Waals surface area contributed by atoms with E-state index < -0.39 is 17.6 Å². The first kappa shape index (κ1) is 16.6. The van der Waals surface area contributed by atoms with Gasteiger partial charge in [-0.05, 0) is 31.9 Å². The van der Waals surface area contributed by atoms with Crippen molar-refractivity contribution < 1.29 is 19.4 Å². The number of hydrogen-bond acceptors (Lipinski definition) is 3. The summed E-state index contributed by atoms with van der Waals surface area (Å²) in [4.78, 5) is 23.4. The van der Waals surface area contributed by atoms with Crippen molar-refractivity contribution in [2.24, 2.45) is 0 Å². The number of carboxylic acid groups (broad SMARTS) is 1. The lowest BCUT2D eigenvalue weighted by atomic mass is 9.93. The summed E-state index contributed by atoms with van der Waals surface area (Å²) in [6, 6.07) is 6.92. The number of amides is 1. The Bertz CT molecular complexity index is 555. The van der Waals surface area contributed by atoms with Gasteiger partial charge < -0.3 is 15.2 Å². The third kappa shape index (κ3) is 4.13. The van der Waals surface area contributed by atoms with Crippen LogP contribution >= 0.6 is 11.6 Å². The second kappa shape index (κ2) is 7.01. The molecule has 1 saturated carbocycles. The van der Waals surface area contributed by atoms with Crippen molar-refractivity contribution >= 4 is 23.5 Å². The molecule has 1 aliphatic carbocycles. The van der Waals surface area contributed by atoms with E-state index in [9.17, 15) is 9.59 Å². The van der Waals surface area contributed by atoms with Crippen LogP contribution < -0.4 is 10.1 Å². The number of halogens is 1. The van der Waals surface area contributed by atoms with Gasteiger partial charge in [-0.2, -0.15) is 0 Å². The number of nitrogens with one attached hydrogen (secondary N) is 1. The van der Waals surface area contributed by atoms with E-state index in [2.05, 4.69) is 5.32 Å². The van der Waals surface area contributed by atoms with Gasteiger partial charge in [0.15, 0.2) is 6.10 Å². The minimum atomic E-state index is -0.901. The summed E-state index contributed by atoms with van der Waals surface area (Å²) in [6.45, 7) is 1.63. The lowest BCUT2D eigenvalue weighted by Crippen LogP contribution is -2.51. The zero-order valence-corrected chi connectivity index (χ0v) is 13.2. The monoisotopic (exact) mass is 325 g/mol. The van der Waals surface area contributed by atoms with E-state index in [0.717, 1.165) is 12.8 Å². The van der Waals surface area contributed by atoms with Crippen molar-refractivity contribution in [2.75, 3.05) is 0 Å².